The zero-order valence-electron chi connectivity index (χ0n) is 13.7. The van der Waals surface area contributed by atoms with Gasteiger partial charge in [-0.15, -0.1) is 0 Å². The van der Waals surface area contributed by atoms with E-state index in [1.54, 1.807) is 6.92 Å². The second-order valence-corrected chi connectivity index (χ2v) is 6.60. The molecule has 1 fully saturated rings. The zero-order valence-corrected chi connectivity index (χ0v) is 13.7. The molecule has 0 aromatic rings. The number of carbonyl (C=O) groups excluding carboxylic acids is 1. The number of ether oxygens (including phenoxy) is 1. The molecule has 0 aromatic heterocycles. The van der Waals surface area contributed by atoms with Crippen molar-refractivity contribution in [2.24, 2.45) is 11.1 Å². The van der Waals surface area contributed by atoms with Crippen LogP contribution in [0.25, 0.3) is 0 Å². The van der Waals surface area contributed by atoms with Gasteiger partial charge in [0.15, 0.2) is 0 Å². The van der Waals surface area contributed by atoms with Crippen LogP contribution in [0.4, 0.5) is 0 Å². The Morgan fingerprint density at radius 3 is 2.50 bits per heavy atom. The van der Waals surface area contributed by atoms with Gasteiger partial charge in [0.1, 0.15) is 5.54 Å². The van der Waals surface area contributed by atoms with E-state index in [0.29, 0.717) is 11.8 Å². The Kier molecular flexibility index (Phi) is 6.46. The van der Waals surface area contributed by atoms with Gasteiger partial charge in [-0.2, -0.15) is 0 Å². The number of likely N-dealkylation sites (tertiary alicyclic amines) is 1. The summed E-state index contributed by atoms with van der Waals surface area (Å²) in [5.74, 6) is -0.311. The minimum absolute atomic E-state index is 0.311. The summed E-state index contributed by atoms with van der Waals surface area (Å²) in [6, 6.07) is 0. The first-order valence-electron chi connectivity index (χ1n) is 7.99. The van der Waals surface area contributed by atoms with E-state index in [0.717, 1.165) is 19.4 Å². The number of unbranched alkanes of at least 4 members (excludes halogenated alkanes) is 1. The summed E-state index contributed by atoms with van der Waals surface area (Å²) >= 11 is 0. The van der Waals surface area contributed by atoms with E-state index < -0.39 is 5.54 Å². The number of methoxy groups -OCH3 is 1. The lowest BCUT2D eigenvalue weighted by Crippen LogP contribution is -2.45. The molecule has 1 atom stereocenters. The van der Waals surface area contributed by atoms with Gasteiger partial charge in [0, 0.05) is 6.54 Å². The maximum absolute atomic E-state index is 11.5. The van der Waals surface area contributed by atoms with Crippen LogP contribution in [0.1, 0.15) is 59.3 Å². The third-order valence-electron chi connectivity index (χ3n) is 5.09. The molecule has 4 heteroatoms. The molecule has 2 N–H and O–H groups in total. The van der Waals surface area contributed by atoms with Crippen molar-refractivity contribution in [1.29, 1.82) is 0 Å². The Morgan fingerprint density at radius 1 is 1.35 bits per heavy atom. The Bertz CT molecular complexity index is 312. The molecule has 0 saturated carbocycles. The van der Waals surface area contributed by atoms with Gasteiger partial charge in [-0.05, 0) is 64.0 Å². The molecule has 1 heterocycles. The van der Waals surface area contributed by atoms with E-state index in [1.165, 1.54) is 39.5 Å². The highest BCUT2D eigenvalue weighted by Gasteiger charge is 2.34. The van der Waals surface area contributed by atoms with Gasteiger partial charge < -0.3 is 15.4 Å². The first-order chi connectivity index (χ1) is 9.39. The van der Waals surface area contributed by atoms with Crippen molar-refractivity contribution in [3.05, 3.63) is 0 Å². The lowest BCUT2D eigenvalue weighted by atomic mass is 9.82. The smallest absolute Gasteiger partial charge is 0.325 e. The Morgan fingerprint density at radius 2 is 2.00 bits per heavy atom. The number of nitrogens with two attached hydrogens (primary N) is 1. The van der Waals surface area contributed by atoms with Crippen molar-refractivity contribution in [1.82, 2.24) is 4.90 Å². The van der Waals surface area contributed by atoms with Crippen molar-refractivity contribution in [2.45, 2.75) is 64.8 Å². The number of esters is 1. The maximum atomic E-state index is 11.5. The monoisotopic (exact) mass is 284 g/mol. The van der Waals surface area contributed by atoms with Gasteiger partial charge >= 0.3 is 5.97 Å². The normalized spacial score (nSPS) is 21.6. The van der Waals surface area contributed by atoms with Crippen LogP contribution in [0.5, 0.6) is 0 Å². The van der Waals surface area contributed by atoms with E-state index in [1.807, 2.05) is 0 Å². The molecule has 1 rings (SSSR count). The molecular formula is C16H32N2O2. The Hall–Kier alpha value is -0.610. The first kappa shape index (κ1) is 17.4. The van der Waals surface area contributed by atoms with E-state index >= 15 is 0 Å². The molecule has 0 amide bonds. The third kappa shape index (κ3) is 4.45. The van der Waals surface area contributed by atoms with Crippen LogP contribution >= 0.6 is 0 Å². The van der Waals surface area contributed by atoms with E-state index in [-0.39, 0.29) is 5.97 Å². The minimum atomic E-state index is -0.837. The standard InChI is InChI=1S/C16H32N2O2/c1-5-16(6-2)10-12-18(13-16)11-8-7-9-15(3,17)14(19)20-4/h5-13,17H2,1-4H3. The molecule has 0 aromatic carbocycles. The molecule has 4 nitrogen and oxygen atoms in total. The lowest BCUT2D eigenvalue weighted by molar-refractivity contribution is -0.146. The average molecular weight is 284 g/mol. The van der Waals surface area contributed by atoms with E-state index in [2.05, 4.69) is 18.7 Å². The van der Waals surface area contributed by atoms with Crippen molar-refractivity contribution < 1.29 is 9.53 Å². The third-order valence-corrected chi connectivity index (χ3v) is 5.09. The highest BCUT2D eigenvalue weighted by Crippen LogP contribution is 2.36. The molecule has 1 saturated heterocycles. The van der Waals surface area contributed by atoms with Crippen LogP contribution in [0.15, 0.2) is 0 Å². The molecule has 118 valence electrons. The summed E-state index contributed by atoms with van der Waals surface area (Å²) in [7, 11) is 1.40. The van der Waals surface area contributed by atoms with Crippen LogP contribution in [0.3, 0.4) is 0 Å². The van der Waals surface area contributed by atoms with Gasteiger partial charge in [0.2, 0.25) is 0 Å². The molecule has 1 aliphatic heterocycles. The van der Waals surface area contributed by atoms with Crippen molar-refractivity contribution in [3.63, 3.8) is 0 Å². The first-order valence-corrected chi connectivity index (χ1v) is 7.99. The van der Waals surface area contributed by atoms with Crippen molar-refractivity contribution >= 4 is 5.97 Å². The van der Waals surface area contributed by atoms with Crippen LogP contribution < -0.4 is 5.73 Å². The van der Waals surface area contributed by atoms with Gasteiger partial charge in [-0.1, -0.05) is 13.8 Å². The molecule has 0 bridgehead atoms. The van der Waals surface area contributed by atoms with E-state index in [4.69, 9.17) is 10.5 Å². The number of rotatable bonds is 8. The zero-order chi connectivity index (χ0) is 15.2. The molecular weight excluding hydrogens is 252 g/mol. The number of carbonyl (C=O) groups is 1. The SMILES string of the molecule is CCC1(CC)CCN(CCCCC(C)(N)C(=O)OC)C1. The summed E-state index contributed by atoms with van der Waals surface area (Å²) in [6.45, 7) is 9.95. The fraction of sp³-hybridized carbons (Fsp3) is 0.938. The molecule has 1 aliphatic rings. The predicted octanol–water partition coefficient (Wildman–Crippen LogP) is 2.56. The second kappa shape index (κ2) is 7.41. The van der Waals surface area contributed by atoms with Crippen LogP contribution in [-0.4, -0.2) is 43.2 Å². The molecule has 20 heavy (non-hydrogen) atoms. The number of hydrogen-bond acceptors (Lipinski definition) is 4. The van der Waals surface area contributed by atoms with Gasteiger partial charge in [-0.25, -0.2) is 0 Å². The largest absolute Gasteiger partial charge is 0.468 e. The second-order valence-electron chi connectivity index (χ2n) is 6.60. The fourth-order valence-corrected chi connectivity index (χ4v) is 3.21. The quantitative estimate of drug-likeness (QED) is 0.550. The van der Waals surface area contributed by atoms with Crippen LogP contribution in [-0.2, 0) is 9.53 Å². The number of hydrogen-bond donors (Lipinski definition) is 1. The molecule has 1 unspecified atom stereocenters. The minimum Gasteiger partial charge on any atom is -0.468 e. The summed E-state index contributed by atoms with van der Waals surface area (Å²) in [5, 5.41) is 0. The Labute approximate surface area is 124 Å². The van der Waals surface area contributed by atoms with Gasteiger partial charge in [0.25, 0.3) is 0 Å². The molecule has 0 radical (unpaired) electrons. The van der Waals surface area contributed by atoms with Crippen LogP contribution in [0.2, 0.25) is 0 Å². The average Bonchev–Trinajstić information content (AvgIpc) is 2.87. The highest BCUT2D eigenvalue weighted by atomic mass is 16.5. The topological polar surface area (TPSA) is 55.6 Å². The van der Waals surface area contributed by atoms with Crippen molar-refractivity contribution in [3.8, 4) is 0 Å². The lowest BCUT2D eigenvalue weighted by Gasteiger charge is -2.26. The van der Waals surface area contributed by atoms with Crippen molar-refractivity contribution in [2.75, 3.05) is 26.7 Å². The predicted molar refractivity (Wildman–Crippen MR) is 82.5 cm³/mol. The highest BCUT2D eigenvalue weighted by molar-refractivity contribution is 5.79. The summed E-state index contributed by atoms with van der Waals surface area (Å²) in [4.78, 5) is 14.1. The van der Waals surface area contributed by atoms with Crippen LogP contribution in [0, 0.1) is 5.41 Å². The summed E-state index contributed by atoms with van der Waals surface area (Å²) in [5.41, 5.74) is 5.68. The maximum Gasteiger partial charge on any atom is 0.325 e. The molecule has 0 aliphatic carbocycles. The van der Waals surface area contributed by atoms with Gasteiger partial charge in [-0.3, -0.25) is 4.79 Å². The molecule has 0 spiro atoms. The van der Waals surface area contributed by atoms with Gasteiger partial charge in [0.05, 0.1) is 7.11 Å². The summed E-state index contributed by atoms with van der Waals surface area (Å²) in [6.07, 6.45) is 6.67. The fourth-order valence-electron chi connectivity index (χ4n) is 3.21. The van der Waals surface area contributed by atoms with E-state index in [9.17, 15) is 4.79 Å². The number of nitrogens with zero attached hydrogens (tertiary/aromatic N) is 1. The Balaban J connectivity index is 2.25. The summed E-state index contributed by atoms with van der Waals surface area (Å²) < 4.78 is 4.73.